The molecule has 0 spiro atoms. The van der Waals surface area contributed by atoms with E-state index in [2.05, 4.69) is 20.7 Å². The van der Waals surface area contributed by atoms with Crippen LogP contribution in [-0.2, 0) is 14.3 Å². The van der Waals surface area contributed by atoms with Crippen molar-refractivity contribution in [2.45, 2.75) is 25.7 Å². The zero-order valence-electron chi connectivity index (χ0n) is 8.83. The molecule has 0 bridgehead atoms. The molecule has 84 valence electrons. The van der Waals surface area contributed by atoms with Crippen LogP contribution in [0.25, 0.3) is 0 Å². The fraction of sp³-hybridized carbons (Fsp3) is 0.333. The molecule has 1 aliphatic heterocycles. The number of aryl methyl sites for hydroxylation is 1. The number of halogens is 1. The van der Waals surface area contributed by atoms with Crippen LogP contribution >= 0.6 is 15.9 Å². The van der Waals surface area contributed by atoms with Gasteiger partial charge in [-0.2, -0.15) is 0 Å². The average Bonchev–Trinajstić information content (AvgIpc) is 2.20. The van der Waals surface area contributed by atoms with Crippen LogP contribution < -0.4 is 0 Å². The number of carbonyl (C=O) groups is 2. The highest BCUT2D eigenvalue weighted by atomic mass is 79.9. The summed E-state index contributed by atoms with van der Waals surface area (Å²) in [5.41, 5.74) is 2.12. The Labute approximate surface area is 102 Å². The van der Waals surface area contributed by atoms with Gasteiger partial charge in [0.05, 0.1) is 12.8 Å². The van der Waals surface area contributed by atoms with Crippen LogP contribution in [0.3, 0.4) is 0 Å². The first kappa shape index (κ1) is 11.3. The van der Waals surface area contributed by atoms with Gasteiger partial charge in [0, 0.05) is 10.4 Å². The molecule has 1 aliphatic rings. The van der Waals surface area contributed by atoms with E-state index < -0.39 is 11.9 Å². The molecule has 1 fully saturated rings. The monoisotopic (exact) mass is 282 g/mol. The zero-order chi connectivity index (χ0) is 11.7. The number of hydrogen-bond donors (Lipinski definition) is 0. The van der Waals surface area contributed by atoms with E-state index >= 15 is 0 Å². The summed E-state index contributed by atoms with van der Waals surface area (Å²) in [6, 6.07) is 5.92. The Bertz CT molecular complexity index is 438. The molecule has 0 atom stereocenters. The second kappa shape index (κ2) is 4.37. The van der Waals surface area contributed by atoms with E-state index in [9.17, 15) is 9.59 Å². The highest BCUT2D eigenvalue weighted by Crippen LogP contribution is 2.33. The van der Waals surface area contributed by atoms with Gasteiger partial charge < -0.3 is 4.74 Å². The van der Waals surface area contributed by atoms with Gasteiger partial charge in [-0.25, -0.2) is 0 Å². The van der Waals surface area contributed by atoms with Crippen LogP contribution in [0.4, 0.5) is 0 Å². The van der Waals surface area contributed by atoms with E-state index in [0.29, 0.717) is 0 Å². The number of ether oxygens (including phenoxy) is 1. The Morgan fingerprint density at radius 1 is 1.25 bits per heavy atom. The number of benzene rings is 1. The molecule has 16 heavy (non-hydrogen) atoms. The third-order valence-electron chi connectivity index (χ3n) is 2.65. The first-order valence-electron chi connectivity index (χ1n) is 5.06. The van der Waals surface area contributed by atoms with E-state index in [1.807, 2.05) is 25.1 Å². The molecule has 1 aromatic carbocycles. The van der Waals surface area contributed by atoms with Crippen molar-refractivity contribution in [3.8, 4) is 0 Å². The molecular weight excluding hydrogens is 272 g/mol. The first-order chi connectivity index (χ1) is 7.56. The maximum absolute atomic E-state index is 11.2. The van der Waals surface area contributed by atoms with Gasteiger partial charge in [-0.15, -0.1) is 0 Å². The Hall–Kier alpha value is -1.16. The lowest BCUT2D eigenvalue weighted by Crippen LogP contribution is -2.24. The fourth-order valence-corrected chi connectivity index (χ4v) is 2.45. The predicted octanol–water partition coefficient (Wildman–Crippen LogP) is 2.70. The minimum atomic E-state index is -0.436. The van der Waals surface area contributed by atoms with Gasteiger partial charge in [-0.1, -0.05) is 33.6 Å². The van der Waals surface area contributed by atoms with E-state index in [1.165, 1.54) is 0 Å². The second-order valence-corrected chi connectivity index (χ2v) is 4.83. The topological polar surface area (TPSA) is 43.4 Å². The van der Waals surface area contributed by atoms with Gasteiger partial charge in [0.1, 0.15) is 0 Å². The quantitative estimate of drug-likeness (QED) is 0.588. The molecule has 0 saturated carbocycles. The van der Waals surface area contributed by atoms with Crippen LogP contribution in [0.5, 0.6) is 0 Å². The van der Waals surface area contributed by atoms with E-state index in [1.54, 1.807) is 0 Å². The van der Waals surface area contributed by atoms with Crippen molar-refractivity contribution in [3.63, 3.8) is 0 Å². The van der Waals surface area contributed by atoms with Gasteiger partial charge in [-0.05, 0) is 18.6 Å². The third-order valence-corrected chi connectivity index (χ3v) is 3.37. The lowest BCUT2D eigenvalue weighted by Gasteiger charge is -2.21. The highest BCUT2D eigenvalue weighted by Gasteiger charge is 2.29. The second-order valence-electron chi connectivity index (χ2n) is 3.98. The van der Waals surface area contributed by atoms with Crippen LogP contribution in [0.15, 0.2) is 22.7 Å². The molecular formula is C12H11BrO3. The summed E-state index contributed by atoms with van der Waals surface area (Å²) >= 11 is 3.44. The van der Waals surface area contributed by atoms with Crippen molar-refractivity contribution >= 4 is 27.9 Å². The number of hydrogen-bond acceptors (Lipinski definition) is 3. The summed E-state index contributed by atoms with van der Waals surface area (Å²) in [5.74, 6) is -0.938. The van der Waals surface area contributed by atoms with Crippen molar-refractivity contribution in [3.05, 3.63) is 33.8 Å². The predicted molar refractivity (Wildman–Crippen MR) is 62.0 cm³/mol. The Morgan fingerprint density at radius 2 is 1.88 bits per heavy atom. The van der Waals surface area contributed by atoms with Crippen molar-refractivity contribution in [2.75, 3.05) is 0 Å². The Balaban J connectivity index is 2.32. The smallest absolute Gasteiger partial charge is 0.314 e. The number of esters is 2. The maximum Gasteiger partial charge on any atom is 0.314 e. The van der Waals surface area contributed by atoms with Gasteiger partial charge in [0.25, 0.3) is 0 Å². The summed E-state index contributed by atoms with van der Waals surface area (Å²) in [5, 5.41) is 0. The summed E-state index contributed by atoms with van der Waals surface area (Å²) in [6.45, 7) is 1.99. The highest BCUT2D eigenvalue weighted by molar-refractivity contribution is 9.10. The SMILES string of the molecule is Cc1ccc(Br)c(C2CC(=O)OC(=O)C2)c1. The fourth-order valence-electron chi connectivity index (χ4n) is 1.88. The number of rotatable bonds is 1. The molecule has 2 rings (SSSR count). The number of cyclic esters (lactones) is 2. The van der Waals surface area contributed by atoms with Gasteiger partial charge >= 0.3 is 11.9 Å². The lowest BCUT2D eigenvalue weighted by atomic mass is 9.90. The van der Waals surface area contributed by atoms with Crippen molar-refractivity contribution in [2.24, 2.45) is 0 Å². The first-order valence-corrected chi connectivity index (χ1v) is 5.85. The van der Waals surface area contributed by atoms with Crippen molar-refractivity contribution in [1.29, 1.82) is 0 Å². The van der Waals surface area contributed by atoms with Crippen molar-refractivity contribution < 1.29 is 14.3 Å². The molecule has 0 N–H and O–H groups in total. The van der Waals surface area contributed by atoms with Gasteiger partial charge in [-0.3, -0.25) is 9.59 Å². The summed E-state index contributed by atoms with van der Waals surface area (Å²) in [6.07, 6.45) is 0.543. The van der Waals surface area contributed by atoms with Gasteiger partial charge in [0.2, 0.25) is 0 Å². The zero-order valence-corrected chi connectivity index (χ0v) is 10.4. The molecule has 3 nitrogen and oxygen atoms in total. The minimum absolute atomic E-state index is 0.0666. The summed E-state index contributed by atoms with van der Waals surface area (Å²) in [7, 11) is 0. The minimum Gasteiger partial charge on any atom is -0.393 e. The van der Waals surface area contributed by atoms with E-state index in [4.69, 9.17) is 0 Å². The van der Waals surface area contributed by atoms with Crippen LogP contribution in [-0.4, -0.2) is 11.9 Å². The third kappa shape index (κ3) is 2.32. The largest absolute Gasteiger partial charge is 0.393 e. The average molecular weight is 283 g/mol. The molecule has 0 aromatic heterocycles. The molecule has 1 aromatic rings. The summed E-state index contributed by atoms with van der Waals surface area (Å²) in [4.78, 5) is 22.4. The maximum atomic E-state index is 11.2. The molecule has 1 heterocycles. The molecule has 1 saturated heterocycles. The standard InChI is InChI=1S/C12H11BrO3/c1-7-2-3-10(13)9(4-7)8-5-11(14)16-12(15)6-8/h2-4,8H,5-6H2,1H3. The molecule has 4 heteroatoms. The van der Waals surface area contributed by atoms with E-state index in [0.717, 1.165) is 15.6 Å². The van der Waals surface area contributed by atoms with Crippen LogP contribution in [0, 0.1) is 6.92 Å². The lowest BCUT2D eigenvalue weighted by molar-refractivity contribution is -0.163. The van der Waals surface area contributed by atoms with Crippen molar-refractivity contribution in [1.82, 2.24) is 0 Å². The molecule has 0 unspecified atom stereocenters. The Morgan fingerprint density at radius 3 is 2.50 bits per heavy atom. The van der Waals surface area contributed by atoms with E-state index in [-0.39, 0.29) is 18.8 Å². The van der Waals surface area contributed by atoms with Crippen LogP contribution in [0.1, 0.15) is 29.9 Å². The van der Waals surface area contributed by atoms with Gasteiger partial charge in [0.15, 0.2) is 0 Å². The van der Waals surface area contributed by atoms with Crippen LogP contribution in [0.2, 0.25) is 0 Å². The normalized spacial score (nSPS) is 17.4. The number of carbonyl (C=O) groups excluding carboxylic acids is 2. The summed E-state index contributed by atoms with van der Waals surface area (Å²) < 4.78 is 5.45. The molecule has 0 aliphatic carbocycles. The Kier molecular flexibility index (Phi) is 3.10. The molecule has 0 radical (unpaired) electrons. The molecule has 0 amide bonds.